The van der Waals surface area contributed by atoms with Gasteiger partial charge in [-0.15, -0.1) is 0 Å². The number of pyridine rings is 1. The van der Waals surface area contributed by atoms with Crippen LogP contribution in [0.3, 0.4) is 0 Å². The molecule has 3 rings (SSSR count). The van der Waals surface area contributed by atoms with Crippen molar-refractivity contribution < 1.29 is 13.6 Å². The van der Waals surface area contributed by atoms with Crippen LogP contribution in [0, 0.1) is 12.7 Å². The summed E-state index contributed by atoms with van der Waals surface area (Å²) >= 11 is 0. The predicted octanol–water partition coefficient (Wildman–Crippen LogP) is 3.53. The van der Waals surface area contributed by atoms with E-state index in [4.69, 9.17) is 4.42 Å². The fraction of sp³-hybridized carbons (Fsp3) is 0.0667. The molecule has 0 spiro atoms. The van der Waals surface area contributed by atoms with Crippen LogP contribution in [0.2, 0.25) is 0 Å². The Morgan fingerprint density at radius 2 is 2.15 bits per heavy atom. The van der Waals surface area contributed by atoms with Gasteiger partial charge in [0.05, 0.1) is 17.5 Å². The molecule has 1 aromatic carbocycles. The van der Waals surface area contributed by atoms with Gasteiger partial charge in [-0.1, -0.05) is 12.1 Å². The molecule has 0 atom stereocenters. The highest BCUT2D eigenvalue weighted by molar-refractivity contribution is 6.09. The number of rotatable bonds is 2. The first-order valence-corrected chi connectivity index (χ1v) is 6.05. The Kier molecular flexibility index (Phi) is 2.95. The van der Waals surface area contributed by atoms with Gasteiger partial charge in [0, 0.05) is 11.6 Å². The molecule has 0 aliphatic heterocycles. The molecule has 0 bridgehead atoms. The van der Waals surface area contributed by atoms with Gasteiger partial charge >= 0.3 is 0 Å². The third-order valence-corrected chi connectivity index (χ3v) is 3.07. The smallest absolute Gasteiger partial charge is 0.259 e. The molecule has 5 heteroatoms. The minimum Gasteiger partial charge on any atom is -0.469 e. The second-order valence-corrected chi connectivity index (χ2v) is 4.34. The summed E-state index contributed by atoms with van der Waals surface area (Å²) in [5.74, 6) is -0.182. The van der Waals surface area contributed by atoms with Gasteiger partial charge in [-0.2, -0.15) is 0 Å². The number of hydrogen-bond donors (Lipinski definition) is 1. The first kappa shape index (κ1) is 12.3. The van der Waals surface area contributed by atoms with E-state index in [-0.39, 0.29) is 11.4 Å². The van der Waals surface area contributed by atoms with Crippen LogP contribution in [0.25, 0.3) is 10.9 Å². The summed E-state index contributed by atoms with van der Waals surface area (Å²) in [7, 11) is 0. The van der Waals surface area contributed by atoms with Gasteiger partial charge in [-0.3, -0.25) is 9.78 Å². The lowest BCUT2D eigenvalue weighted by atomic mass is 10.1. The summed E-state index contributed by atoms with van der Waals surface area (Å²) < 4.78 is 18.7. The van der Waals surface area contributed by atoms with Crippen LogP contribution in [0.1, 0.15) is 16.1 Å². The lowest BCUT2D eigenvalue weighted by Crippen LogP contribution is -2.12. The number of aromatic nitrogens is 1. The number of para-hydroxylation sites is 1. The highest BCUT2D eigenvalue weighted by Gasteiger charge is 2.13. The third kappa shape index (κ3) is 2.03. The van der Waals surface area contributed by atoms with Gasteiger partial charge in [0.2, 0.25) is 0 Å². The summed E-state index contributed by atoms with van der Waals surface area (Å²) in [6.07, 6.45) is 2.91. The number of aryl methyl sites for hydroxylation is 1. The summed E-state index contributed by atoms with van der Waals surface area (Å²) in [4.78, 5) is 16.1. The van der Waals surface area contributed by atoms with Crippen molar-refractivity contribution >= 4 is 22.5 Å². The zero-order valence-corrected chi connectivity index (χ0v) is 10.7. The van der Waals surface area contributed by atoms with Crippen LogP contribution in [0.15, 0.2) is 47.2 Å². The van der Waals surface area contributed by atoms with Crippen LogP contribution in [-0.4, -0.2) is 10.9 Å². The first-order valence-electron chi connectivity index (χ1n) is 6.05. The third-order valence-electron chi connectivity index (χ3n) is 3.07. The number of nitrogens with zero attached hydrogens (tertiary/aromatic N) is 1. The Morgan fingerprint density at radius 1 is 1.30 bits per heavy atom. The van der Waals surface area contributed by atoms with E-state index in [9.17, 15) is 9.18 Å². The molecule has 20 heavy (non-hydrogen) atoms. The minimum atomic E-state index is -0.418. The molecule has 1 amide bonds. The van der Waals surface area contributed by atoms with Gasteiger partial charge in [0.15, 0.2) is 0 Å². The monoisotopic (exact) mass is 270 g/mol. The number of carbonyl (C=O) groups excluding carboxylic acids is 1. The number of amides is 1. The molecule has 0 fully saturated rings. The molecule has 0 radical (unpaired) electrons. The van der Waals surface area contributed by atoms with Gasteiger partial charge in [-0.25, -0.2) is 4.39 Å². The highest BCUT2D eigenvalue weighted by atomic mass is 19.1. The Hall–Kier alpha value is -2.69. The van der Waals surface area contributed by atoms with E-state index in [1.165, 1.54) is 18.5 Å². The first-order chi connectivity index (χ1) is 9.66. The van der Waals surface area contributed by atoms with E-state index < -0.39 is 5.82 Å². The van der Waals surface area contributed by atoms with Crippen molar-refractivity contribution in [3.63, 3.8) is 0 Å². The molecule has 0 aliphatic rings. The van der Waals surface area contributed by atoms with Crippen molar-refractivity contribution in [1.82, 2.24) is 4.98 Å². The van der Waals surface area contributed by atoms with Crippen LogP contribution >= 0.6 is 0 Å². The van der Waals surface area contributed by atoms with E-state index in [1.54, 1.807) is 31.2 Å². The van der Waals surface area contributed by atoms with Crippen molar-refractivity contribution in [2.45, 2.75) is 6.92 Å². The Balaban J connectivity index is 2.02. The van der Waals surface area contributed by atoms with E-state index in [1.807, 2.05) is 0 Å². The van der Waals surface area contributed by atoms with Crippen molar-refractivity contribution in [3.8, 4) is 0 Å². The molecular formula is C15H11FN2O2. The number of anilines is 1. The van der Waals surface area contributed by atoms with Crippen molar-refractivity contribution in [3.05, 3.63) is 59.9 Å². The summed E-state index contributed by atoms with van der Waals surface area (Å²) in [5, 5.41) is 3.31. The number of halogens is 1. The molecule has 0 saturated heterocycles. The molecule has 0 aliphatic carbocycles. The average Bonchev–Trinajstić information content (AvgIpc) is 2.86. The highest BCUT2D eigenvalue weighted by Crippen LogP contribution is 2.24. The Bertz CT molecular complexity index is 795. The topological polar surface area (TPSA) is 55.1 Å². The fourth-order valence-corrected chi connectivity index (χ4v) is 2.06. The second-order valence-electron chi connectivity index (χ2n) is 4.34. The zero-order chi connectivity index (χ0) is 14.1. The molecule has 0 saturated carbocycles. The van der Waals surface area contributed by atoms with Gasteiger partial charge in [-0.05, 0) is 25.1 Å². The minimum absolute atomic E-state index is 0.231. The lowest BCUT2D eigenvalue weighted by Gasteiger charge is -2.08. The van der Waals surface area contributed by atoms with Crippen molar-refractivity contribution in [2.75, 3.05) is 5.32 Å². The summed E-state index contributed by atoms with van der Waals surface area (Å²) in [6.45, 7) is 1.71. The normalized spacial score (nSPS) is 10.7. The van der Waals surface area contributed by atoms with E-state index in [0.717, 1.165) is 0 Å². The van der Waals surface area contributed by atoms with Crippen LogP contribution in [-0.2, 0) is 0 Å². The molecule has 2 aromatic heterocycles. The quantitative estimate of drug-likeness (QED) is 0.775. The molecule has 4 nitrogen and oxygen atoms in total. The SMILES string of the molecule is Cc1occc1C(=O)Nc1ccnc2c(F)cccc12. The fourth-order valence-electron chi connectivity index (χ4n) is 2.06. The Morgan fingerprint density at radius 3 is 2.90 bits per heavy atom. The van der Waals surface area contributed by atoms with Gasteiger partial charge in [0.1, 0.15) is 17.1 Å². The van der Waals surface area contributed by atoms with E-state index in [0.29, 0.717) is 22.4 Å². The van der Waals surface area contributed by atoms with Crippen molar-refractivity contribution in [2.24, 2.45) is 0 Å². The van der Waals surface area contributed by atoms with E-state index >= 15 is 0 Å². The number of hydrogen-bond acceptors (Lipinski definition) is 3. The molecular weight excluding hydrogens is 259 g/mol. The standard InChI is InChI=1S/C15H11FN2O2/c1-9-10(6-8-20-9)15(19)18-13-5-7-17-14-11(13)3-2-4-12(14)16/h2-8H,1H3,(H,17,18,19). The number of carbonyl (C=O) groups is 1. The molecule has 0 unspecified atom stereocenters. The van der Waals surface area contributed by atoms with Crippen molar-refractivity contribution in [1.29, 1.82) is 0 Å². The van der Waals surface area contributed by atoms with Gasteiger partial charge in [0.25, 0.3) is 5.91 Å². The predicted molar refractivity (Wildman–Crippen MR) is 73.1 cm³/mol. The maximum absolute atomic E-state index is 13.7. The lowest BCUT2D eigenvalue weighted by molar-refractivity contribution is 0.102. The number of benzene rings is 1. The summed E-state index contributed by atoms with van der Waals surface area (Å²) in [6, 6.07) is 7.85. The second kappa shape index (κ2) is 4.77. The summed E-state index contributed by atoms with van der Waals surface area (Å²) in [5.41, 5.74) is 1.20. The van der Waals surface area contributed by atoms with Gasteiger partial charge < -0.3 is 9.73 Å². The number of nitrogens with one attached hydrogen (secondary N) is 1. The molecule has 1 N–H and O–H groups in total. The number of furan rings is 1. The molecule has 2 heterocycles. The molecule has 3 aromatic rings. The number of fused-ring (bicyclic) bond motifs is 1. The molecule has 100 valence electrons. The average molecular weight is 270 g/mol. The van der Waals surface area contributed by atoms with E-state index in [2.05, 4.69) is 10.3 Å². The van der Waals surface area contributed by atoms with Crippen LogP contribution in [0.4, 0.5) is 10.1 Å². The maximum atomic E-state index is 13.7. The Labute approximate surface area is 114 Å². The largest absolute Gasteiger partial charge is 0.469 e. The van der Waals surface area contributed by atoms with Crippen LogP contribution in [0.5, 0.6) is 0 Å². The van der Waals surface area contributed by atoms with Crippen LogP contribution < -0.4 is 5.32 Å². The maximum Gasteiger partial charge on any atom is 0.259 e. The zero-order valence-electron chi connectivity index (χ0n) is 10.7.